The number of furan rings is 1. The molecular formula is C20H17N3O2. The van der Waals surface area contributed by atoms with Gasteiger partial charge in [0.2, 0.25) is 5.91 Å². The fourth-order valence-electron chi connectivity index (χ4n) is 3.07. The summed E-state index contributed by atoms with van der Waals surface area (Å²) < 4.78 is 7.27. The minimum absolute atomic E-state index is 0.166. The zero-order chi connectivity index (χ0) is 17.2. The first-order valence-corrected chi connectivity index (χ1v) is 8.04. The quantitative estimate of drug-likeness (QED) is 0.459. The van der Waals surface area contributed by atoms with Gasteiger partial charge < -0.3 is 8.98 Å². The summed E-state index contributed by atoms with van der Waals surface area (Å²) in [6.07, 6.45) is 3.31. The summed E-state index contributed by atoms with van der Waals surface area (Å²) in [6.45, 7) is 0. The number of rotatable bonds is 4. The van der Waals surface area contributed by atoms with Gasteiger partial charge in [-0.1, -0.05) is 30.3 Å². The topological polar surface area (TPSA) is 59.5 Å². The molecule has 0 saturated heterocycles. The summed E-state index contributed by atoms with van der Waals surface area (Å²) in [5.41, 5.74) is 5.77. The van der Waals surface area contributed by atoms with E-state index in [0.717, 1.165) is 11.1 Å². The molecule has 0 fully saturated rings. The lowest BCUT2D eigenvalue weighted by atomic mass is 10.1. The molecule has 124 valence electrons. The van der Waals surface area contributed by atoms with Crippen molar-refractivity contribution >= 4 is 33.9 Å². The molecule has 0 saturated carbocycles. The molecule has 0 aliphatic carbocycles. The van der Waals surface area contributed by atoms with Crippen LogP contribution in [0.25, 0.3) is 21.8 Å². The monoisotopic (exact) mass is 331 g/mol. The van der Waals surface area contributed by atoms with E-state index >= 15 is 0 Å². The van der Waals surface area contributed by atoms with Gasteiger partial charge in [0, 0.05) is 28.9 Å². The fraction of sp³-hybridized carbons (Fsp3) is 0.100. The number of aromatic nitrogens is 1. The number of hydrogen-bond donors (Lipinski definition) is 1. The first-order chi connectivity index (χ1) is 12.2. The van der Waals surface area contributed by atoms with Crippen LogP contribution in [0.1, 0.15) is 11.3 Å². The van der Waals surface area contributed by atoms with Crippen LogP contribution >= 0.6 is 0 Å². The highest BCUT2D eigenvalue weighted by molar-refractivity contribution is 6.08. The molecule has 5 heteroatoms. The average Bonchev–Trinajstić information content (AvgIpc) is 3.23. The van der Waals surface area contributed by atoms with Crippen LogP contribution in [-0.4, -0.2) is 16.7 Å². The summed E-state index contributed by atoms with van der Waals surface area (Å²) in [5, 5.41) is 6.32. The third kappa shape index (κ3) is 2.92. The first-order valence-electron chi connectivity index (χ1n) is 8.04. The molecule has 0 atom stereocenters. The molecule has 2 aromatic carbocycles. The van der Waals surface area contributed by atoms with Crippen molar-refractivity contribution in [3.63, 3.8) is 0 Å². The van der Waals surface area contributed by atoms with Crippen molar-refractivity contribution in [2.45, 2.75) is 6.42 Å². The van der Waals surface area contributed by atoms with Crippen LogP contribution in [-0.2, 0) is 18.3 Å². The Morgan fingerprint density at radius 1 is 1.12 bits per heavy atom. The van der Waals surface area contributed by atoms with Gasteiger partial charge in [0.1, 0.15) is 5.76 Å². The van der Waals surface area contributed by atoms with Gasteiger partial charge in [0.05, 0.1) is 18.9 Å². The van der Waals surface area contributed by atoms with Gasteiger partial charge in [-0.05, 0) is 29.8 Å². The number of amides is 1. The molecule has 1 N–H and O–H groups in total. The molecular weight excluding hydrogens is 314 g/mol. The Morgan fingerprint density at radius 2 is 1.96 bits per heavy atom. The molecule has 2 heterocycles. The van der Waals surface area contributed by atoms with Crippen LogP contribution in [0.3, 0.4) is 0 Å². The molecule has 4 aromatic rings. The van der Waals surface area contributed by atoms with Crippen LogP contribution in [0, 0.1) is 0 Å². The molecule has 0 bridgehead atoms. The lowest BCUT2D eigenvalue weighted by Gasteiger charge is -2.03. The third-order valence-electron chi connectivity index (χ3n) is 4.27. The highest BCUT2D eigenvalue weighted by Gasteiger charge is 2.09. The maximum absolute atomic E-state index is 12.1. The number of nitrogens with one attached hydrogen (secondary N) is 1. The number of hydrazone groups is 1. The number of aryl methyl sites for hydroxylation is 1. The molecule has 0 spiro atoms. The largest absolute Gasteiger partial charge is 0.463 e. The molecule has 5 nitrogen and oxygen atoms in total. The maximum atomic E-state index is 12.1. The Kier molecular flexibility index (Phi) is 3.82. The minimum Gasteiger partial charge on any atom is -0.463 e. The molecule has 25 heavy (non-hydrogen) atoms. The minimum atomic E-state index is -0.166. The molecule has 2 aromatic heterocycles. The molecule has 0 aliphatic rings. The molecule has 1 amide bonds. The Morgan fingerprint density at radius 3 is 2.80 bits per heavy atom. The van der Waals surface area contributed by atoms with E-state index < -0.39 is 0 Å². The lowest BCUT2D eigenvalue weighted by molar-refractivity contribution is -0.120. The highest BCUT2D eigenvalue weighted by Crippen LogP contribution is 2.28. The van der Waals surface area contributed by atoms with Gasteiger partial charge in [-0.3, -0.25) is 4.79 Å². The maximum Gasteiger partial charge on any atom is 0.244 e. The van der Waals surface area contributed by atoms with Gasteiger partial charge in [0.25, 0.3) is 0 Å². The lowest BCUT2D eigenvalue weighted by Crippen LogP contribution is -2.19. The fourth-order valence-corrected chi connectivity index (χ4v) is 3.07. The average molecular weight is 331 g/mol. The Labute approximate surface area is 144 Å². The van der Waals surface area contributed by atoms with Gasteiger partial charge in [-0.15, -0.1) is 0 Å². The molecule has 0 radical (unpaired) electrons. The van der Waals surface area contributed by atoms with Crippen molar-refractivity contribution in [2.24, 2.45) is 12.1 Å². The van der Waals surface area contributed by atoms with E-state index in [-0.39, 0.29) is 12.3 Å². The van der Waals surface area contributed by atoms with E-state index in [1.165, 1.54) is 22.5 Å². The summed E-state index contributed by atoms with van der Waals surface area (Å²) >= 11 is 0. The van der Waals surface area contributed by atoms with Crippen LogP contribution < -0.4 is 5.43 Å². The third-order valence-corrected chi connectivity index (χ3v) is 4.27. The SMILES string of the molecule is Cn1c2ccccc2c2ccc(CC(=O)N/N=C\c3ccco3)cc21. The predicted octanol–water partition coefficient (Wildman–Crippen LogP) is 3.62. The summed E-state index contributed by atoms with van der Waals surface area (Å²) in [7, 11) is 2.04. The summed E-state index contributed by atoms with van der Waals surface area (Å²) in [6, 6.07) is 18.0. The van der Waals surface area contributed by atoms with Gasteiger partial charge in [-0.2, -0.15) is 5.10 Å². The van der Waals surface area contributed by atoms with Gasteiger partial charge in [-0.25, -0.2) is 5.43 Å². The number of para-hydroxylation sites is 1. The van der Waals surface area contributed by atoms with Gasteiger partial charge >= 0.3 is 0 Å². The number of carbonyl (C=O) groups excluding carboxylic acids is 1. The zero-order valence-electron chi connectivity index (χ0n) is 13.8. The molecule has 0 aliphatic heterocycles. The first kappa shape index (κ1) is 15.2. The number of carbonyl (C=O) groups is 1. The Balaban J connectivity index is 1.54. The van der Waals surface area contributed by atoms with E-state index in [4.69, 9.17) is 4.42 Å². The summed E-state index contributed by atoms with van der Waals surface area (Å²) in [5.74, 6) is 0.429. The van der Waals surface area contributed by atoms with E-state index in [0.29, 0.717) is 5.76 Å². The second kappa shape index (κ2) is 6.28. The zero-order valence-corrected chi connectivity index (χ0v) is 13.8. The van der Waals surface area contributed by atoms with Crippen molar-refractivity contribution in [1.29, 1.82) is 0 Å². The van der Waals surface area contributed by atoms with Crippen molar-refractivity contribution in [3.05, 3.63) is 72.2 Å². The van der Waals surface area contributed by atoms with E-state index in [1.54, 1.807) is 18.4 Å². The second-order valence-electron chi connectivity index (χ2n) is 5.91. The van der Waals surface area contributed by atoms with Gasteiger partial charge in [0.15, 0.2) is 0 Å². The van der Waals surface area contributed by atoms with Crippen LogP contribution in [0.5, 0.6) is 0 Å². The Bertz CT molecular complexity index is 1080. The van der Waals surface area contributed by atoms with E-state index in [9.17, 15) is 4.79 Å². The van der Waals surface area contributed by atoms with Crippen LogP contribution in [0.4, 0.5) is 0 Å². The van der Waals surface area contributed by atoms with Crippen LogP contribution in [0.2, 0.25) is 0 Å². The predicted molar refractivity (Wildman–Crippen MR) is 98.6 cm³/mol. The number of nitrogens with zero attached hydrogens (tertiary/aromatic N) is 2. The summed E-state index contributed by atoms with van der Waals surface area (Å²) in [4.78, 5) is 12.1. The molecule has 4 rings (SSSR count). The Hall–Kier alpha value is -3.34. The van der Waals surface area contributed by atoms with Crippen molar-refractivity contribution in [1.82, 2.24) is 9.99 Å². The van der Waals surface area contributed by atoms with Crippen molar-refractivity contribution in [3.8, 4) is 0 Å². The number of fused-ring (bicyclic) bond motifs is 3. The second-order valence-corrected chi connectivity index (χ2v) is 5.91. The number of hydrogen-bond acceptors (Lipinski definition) is 3. The van der Waals surface area contributed by atoms with Crippen molar-refractivity contribution in [2.75, 3.05) is 0 Å². The van der Waals surface area contributed by atoms with E-state index in [1.807, 2.05) is 25.2 Å². The smallest absolute Gasteiger partial charge is 0.244 e. The molecule has 0 unspecified atom stereocenters. The number of benzene rings is 2. The van der Waals surface area contributed by atoms with Crippen molar-refractivity contribution < 1.29 is 9.21 Å². The van der Waals surface area contributed by atoms with E-state index in [2.05, 4.69) is 39.4 Å². The normalized spacial score (nSPS) is 11.6. The standard InChI is InChI=1S/C20H17N3O2/c1-23-18-7-3-2-6-16(18)17-9-8-14(11-19(17)23)12-20(24)22-21-13-15-5-4-10-25-15/h2-11,13H,12H2,1H3,(H,22,24)/b21-13-. The highest BCUT2D eigenvalue weighted by atomic mass is 16.3. The van der Waals surface area contributed by atoms with Crippen LogP contribution in [0.15, 0.2) is 70.4 Å².